The standard InChI is InChI=1S/C10H11N3O/c1-7-6-11-13(10(7)14)9-5-3-4-8(2)12-9/h3-6,14H,1-2H3. The Morgan fingerprint density at radius 1 is 1.29 bits per heavy atom. The third-order valence-electron chi connectivity index (χ3n) is 2.01. The van der Waals surface area contributed by atoms with Gasteiger partial charge in [-0.15, -0.1) is 0 Å². The van der Waals surface area contributed by atoms with E-state index in [0.717, 1.165) is 11.3 Å². The maximum absolute atomic E-state index is 9.64. The first-order valence-electron chi connectivity index (χ1n) is 4.36. The average molecular weight is 189 g/mol. The molecule has 0 fully saturated rings. The van der Waals surface area contributed by atoms with Gasteiger partial charge >= 0.3 is 0 Å². The molecule has 4 nitrogen and oxygen atoms in total. The zero-order valence-electron chi connectivity index (χ0n) is 8.10. The topological polar surface area (TPSA) is 50.9 Å². The Morgan fingerprint density at radius 2 is 2.07 bits per heavy atom. The highest BCUT2D eigenvalue weighted by molar-refractivity contribution is 5.32. The van der Waals surface area contributed by atoms with E-state index in [4.69, 9.17) is 0 Å². The normalized spacial score (nSPS) is 10.4. The van der Waals surface area contributed by atoms with E-state index in [1.165, 1.54) is 4.68 Å². The molecule has 0 spiro atoms. The van der Waals surface area contributed by atoms with Crippen molar-refractivity contribution in [1.29, 1.82) is 0 Å². The van der Waals surface area contributed by atoms with Crippen molar-refractivity contribution in [3.05, 3.63) is 35.7 Å². The molecule has 4 heteroatoms. The minimum atomic E-state index is 0.142. The summed E-state index contributed by atoms with van der Waals surface area (Å²) in [5.41, 5.74) is 1.64. The van der Waals surface area contributed by atoms with Crippen LogP contribution < -0.4 is 0 Å². The summed E-state index contributed by atoms with van der Waals surface area (Å²) in [4.78, 5) is 4.26. The van der Waals surface area contributed by atoms with E-state index in [1.54, 1.807) is 19.2 Å². The summed E-state index contributed by atoms with van der Waals surface area (Å²) < 4.78 is 1.42. The molecule has 0 aliphatic rings. The lowest BCUT2D eigenvalue weighted by Gasteiger charge is -2.02. The number of rotatable bonds is 1. The van der Waals surface area contributed by atoms with Crippen molar-refractivity contribution in [1.82, 2.24) is 14.8 Å². The molecule has 0 saturated carbocycles. The third kappa shape index (κ3) is 1.35. The van der Waals surface area contributed by atoms with Gasteiger partial charge in [-0.2, -0.15) is 9.78 Å². The Hall–Kier alpha value is -1.84. The van der Waals surface area contributed by atoms with Gasteiger partial charge in [0, 0.05) is 11.3 Å². The first-order chi connectivity index (χ1) is 6.68. The number of nitrogens with zero attached hydrogens (tertiary/aromatic N) is 3. The predicted molar refractivity (Wildman–Crippen MR) is 52.5 cm³/mol. The second-order valence-electron chi connectivity index (χ2n) is 3.20. The van der Waals surface area contributed by atoms with Crippen molar-refractivity contribution in [2.75, 3.05) is 0 Å². The minimum Gasteiger partial charge on any atom is -0.493 e. The quantitative estimate of drug-likeness (QED) is 0.741. The summed E-state index contributed by atoms with van der Waals surface area (Å²) >= 11 is 0. The van der Waals surface area contributed by atoms with Gasteiger partial charge in [-0.05, 0) is 26.0 Å². The van der Waals surface area contributed by atoms with Gasteiger partial charge in [-0.1, -0.05) is 6.07 Å². The lowest BCUT2D eigenvalue weighted by molar-refractivity contribution is 0.428. The molecule has 1 N–H and O–H groups in total. The molecule has 0 radical (unpaired) electrons. The zero-order valence-corrected chi connectivity index (χ0v) is 8.10. The van der Waals surface area contributed by atoms with Crippen LogP contribution in [0.25, 0.3) is 5.82 Å². The van der Waals surface area contributed by atoms with Crippen LogP contribution in [-0.2, 0) is 0 Å². The smallest absolute Gasteiger partial charge is 0.218 e. The van der Waals surface area contributed by atoms with Gasteiger partial charge < -0.3 is 5.11 Å². The molecule has 0 unspecified atom stereocenters. The highest BCUT2D eigenvalue weighted by atomic mass is 16.3. The number of aromatic hydroxyl groups is 1. The second-order valence-corrected chi connectivity index (χ2v) is 3.20. The first kappa shape index (κ1) is 8.74. The van der Waals surface area contributed by atoms with Gasteiger partial charge in [-0.25, -0.2) is 4.98 Å². The number of hydrogen-bond donors (Lipinski definition) is 1. The van der Waals surface area contributed by atoms with E-state index in [9.17, 15) is 5.11 Å². The molecule has 72 valence electrons. The number of pyridine rings is 1. The van der Waals surface area contributed by atoms with Crippen LogP contribution in [-0.4, -0.2) is 19.9 Å². The molecule has 2 aromatic rings. The highest BCUT2D eigenvalue weighted by Crippen LogP contribution is 2.18. The molecule has 0 aromatic carbocycles. The Kier molecular flexibility index (Phi) is 1.96. The van der Waals surface area contributed by atoms with Crippen LogP contribution in [0, 0.1) is 13.8 Å². The molecular formula is C10H11N3O. The number of aryl methyl sites for hydroxylation is 2. The summed E-state index contributed by atoms with van der Waals surface area (Å²) in [6.45, 7) is 3.70. The van der Waals surface area contributed by atoms with Gasteiger partial charge in [0.05, 0.1) is 6.20 Å². The lowest BCUT2D eigenvalue weighted by Crippen LogP contribution is -1.99. The maximum atomic E-state index is 9.64. The molecule has 0 atom stereocenters. The molecule has 0 bridgehead atoms. The van der Waals surface area contributed by atoms with Gasteiger partial charge in [0.1, 0.15) is 0 Å². The monoisotopic (exact) mass is 189 g/mol. The zero-order chi connectivity index (χ0) is 10.1. The Labute approximate surface area is 81.8 Å². The third-order valence-corrected chi connectivity index (χ3v) is 2.01. The average Bonchev–Trinajstić information content (AvgIpc) is 2.48. The second kappa shape index (κ2) is 3.14. The van der Waals surface area contributed by atoms with Gasteiger partial charge in [0.15, 0.2) is 5.82 Å². The first-order valence-corrected chi connectivity index (χ1v) is 4.36. The van der Waals surface area contributed by atoms with Crippen LogP contribution in [0.3, 0.4) is 0 Å². The van der Waals surface area contributed by atoms with Crippen molar-refractivity contribution in [2.24, 2.45) is 0 Å². The van der Waals surface area contributed by atoms with Gasteiger partial charge in [0.2, 0.25) is 5.88 Å². The largest absolute Gasteiger partial charge is 0.493 e. The molecule has 0 aliphatic heterocycles. The minimum absolute atomic E-state index is 0.142. The fraction of sp³-hybridized carbons (Fsp3) is 0.200. The number of aromatic nitrogens is 3. The summed E-state index contributed by atoms with van der Waals surface area (Å²) in [5.74, 6) is 0.777. The summed E-state index contributed by atoms with van der Waals surface area (Å²) in [5, 5.41) is 13.7. The Morgan fingerprint density at radius 3 is 2.64 bits per heavy atom. The van der Waals surface area contributed by atoms with Crippen molar-refractivity contribution >= 4 is 0 Å². The van der Waals surface area contributed by atoms with E-state index in [-0.39, 0.29) is 5.88 Å². The van der Waals surface area contributed by atoms with Crippen LogP contribution in [0.4, 0.5) is 0 Å². The summed E-state index contributed by atoms with van der Waals surface area (Å²) in [6.07, 6.45) is 1.61. The van der Waals surface area contributed by atoms with Gasteiger partial charge in [-0.3, -0.25) is 0 Å². The van der Waals surface area contributed by atoms with E-state index in [1.807, 2.05) is 19.1 Å². The van der Waals surface area contributed by atoms with Gasteiger partial charge in [0.25, 0.3) is 0 Å². The van der Waals surface area contributed by atoms with Crippen LogP contribution >= 0.6 is 0 Å². The molecule has 0 aliphatic carbocycles. The fourth-order valence-corrected chi connectivity index (χ4v) is 1.24. The predicted octanol–water partition coefficient (Wildman–Crippen LogP) is 1.59. The van der Waals surface area contributed by atoms with Crippen LogP contribution in [0.1, 0.15) is 11.3 Å². The molecule has 14 heavy (non-hydrogen) atoms. The molecular weight excluding hydrogens is 178 g/mol. The van der Waals surface area contributed by atoms with Crippen molar-refractivity contribution in [3.63, 3.8) is 0 Å². The highest BCUT2D eigenvalue weighted by Gasteiger charge is 2.07. The van der Waals surface area contributed by atoms with Crippen molar-refractivity contribution < 1.29 is 5.11 Å². The molecule has 2 rings (SSSR count). The van der Waals surface area contributed by atoms with Crippen LogP contribution in [0.5, 0.6) is 5.88 Å². The van der Waals surface area contributed by atoms with Crippen molar-refractivity contribution in [2.45, 2.75) is 13.8 Å². The Balaban J connectivity index is 2.55. The lowest BCUT2D eigenvalue weighted by atomic mass is 10.3. The summed E-state index contributed by atoms with van der Waals surface area (Å²) in [6, 6.07) is 5.59. The van der Waals surface area contributed by atoms with Crippen LogP contribution in [0.2, 0.25) is 0 Å². The van der Waals surface area contributed by atoms with Crippen molar-refractivity contribution in [3.8, 4) is 11.7 Å². The number of hydrogen-bond acceptors (Lipinski definition) is 3. The van der Waals surface area contributed by atoms with E-state index < -0.39 is 0 Å². The van der Waals surface area contributed by atoms with E-state index >= 15 is 0 Å². The molecule has 2 aromatic heterocycles. The summed E-state index contributed by atoms with van der Waals surface area (Å²) in [7, 11) is 0. The molecule has 0 amide bonds. The molecule has 2 heterocycles. The molecule has 0 saturated heterocycles. The van der Waals surface area contributed by atoms with Crippen LogP contribution in [0.15, 0.2) is 24.4 Å². The fourth-order valence-electron chi connectivity index (χ4n) is 1.24. The Bertz CT molecular complexity index is 462. The van der Waals surface area contributed by atoms with E-state index in [0.29, 0.717) is 5.82 Å². The van der Waals surface area contributed by atoms with E-state index in [2.05, 4.69) is 10.1 Å². The maximum Gasteiger partial charge on any atom is 0.218 e. The SMILES string of the molecule is Cc1cccc(-n2ncc(C)c2O)n1.